The number of ether oxygens (including phenoxy) is 1. The van der Waals surface area contributed by atoms with E-state index in [0.29, 0.717) is 21.8 Å². The number of benzene rings is 1. The van der Waals surface area contributed by atoms with Crippen molar-refractivity contribution < 1.29 is 9.53 Å². The minimum Gasteiger partial charge on any atom is -0.484 e. The molecule has 0 saturated carbocycles. The van der Waals surface area contributed by atoms with Gasteiger partial charge in [0.2, 0.25) is 5.91 Å². The number of para-hydroxylation sites is 1. The third-order valence-corrected chi connectivity index (χ3v) is 5.57. The molecule has 0 aliphatic heterocycles. The summed E-state index contributed by atoms with van der Waals surface area (Å²) in [5, 5.41) is 21.4. The first-order valence-corrected chi connectivity index (χ1v) is 9.74. The van der Waals surface area contributed by atoms with Gasteiger partial charge >= 0.3 is 0 Å². The van der Waals surface area contributed by atoms with Gasteiger partial charge in [-0.15, -0.1) is 10.2 Å². The van der Waals surface area contributed by atoms with Crippen LogP contribution in [0.15, 0.2) is 29.4 Å². The van der Waals surface area contributed by atoms with Crippen LogP contribution in [0.4, 0.5) is 0 Å². The summed E-state index contributed by atoms with van der Waals surface area (Å²) in [4.78, 5) is 12.2. The Kier molecular flexibility index (Phi) is 7.11. The molecule has 1 heterocycles. The number of hydrogen-bond donors (Lipinski definition) is 1. The molecule has 7 nitrogen and oxygen atoms in total. The van der Waals surface area contributed by atoms with E-state index in [-0.39, 0.29) is 24.2 Å². The van der Waals surface area contributed by atoms with Crippen molar-refractivity contribution in [3.05, 3.63) is 35.1 Å². The highest BCUT2D eigenvalue weighted by atomic mass is 35.5. The molecule has 0 bridgehead atoms. The number of nitrogens with one attached hydrogen (secondary N) is 1. The number of carbonyl (C=O) groups excluding carboxylic acids is 1. The molecule has 0 unspecified atom stereocenters. The van der Waals surface area contributed by atoms with E-state index in [9.17, 15) is 10.1 Å². The molecule has 0 fully saturated rings. The lowest BCUT2D eigenvalue weighted by molar-refractivity contribution is -0.120. The molecule has 1 atom stereocenters. The van der Waals surface area contributed by atoms with Gasteiger partial charge < -0.3 is 14.6 Å². The molecule has 0 aliphatic carbocycles. The molecule has 1 amide bonds. The minimum absolute atomic E-state index is 0.000148. The van der Waals surface area contributed by atoms with Crippen LogP contribution in [0.5, 0.6) is 5.75 Å². The van der Waals surface area contributed by atoms with Gasteiger partial charge in [0.1, 0.15) is 17.9 Å². The van der Waals surface area contributed by atoms with Crippen LogP contribution in [0.2, 0.25) is 5.02 Å². The van der Waals surface area contributed by atoms with E-state index in [4.69, 9.17) is 16.3 Å². The summed E-state index contributed by atoms with van der Waals surface area (Å²) >= 11 is 7.32. The van der Waals surface area contributed by atoms with Crippen molar-refractivity contribution in [2.75, 3.05) is 5.75 Å². The summed E-state index contributed by atoms with van der Waals surface area (Å²) in [5.74, 6) is 1.10. The molecule has 0 radical (unpaired) electrons. The number of carbonyl (C=O) groups is 1. The molecule has 2 rings (SSSR count). The molecule has 1 N–H and O–H groups in total. The molecule has 144 valence electrons. The molecule has 2 aromatic rings. The third-order valence-electron chi connectivity index (χ3n) is 4.24. The number of hydrogen-bond acceptors (Lipinski definition) is 6. The van der Waals surface area contributed by atoms with E-state index in [1.165, 1.54) is 11.8 Å². The van der Waals surface area contributed by atoms with Gasteiger partial charge in [-0.3, -0.25) is 4.79 Å². The summed E-state index contributed by atoms with van der Waals surface area (Å²) < 4.78 is 7.43. The summed E-state index contributed by atoms with van der Waals surface area (Å²) in [7, 11) is 1.80. The molecule has 1 aromatic carbocycles. The number of nitriles is 1. The van der Waals surface area contributed by atoms with Gasteiger partial charge in [0.25, 0.3) is 0 Å². The van der Waals surface area contributed by atoms with E-state index >= 15 is 0 Å². The van der Waals surface area contributed by atoms with Crippen LogP contribution in [-0.2, 0) is 18.4 Å². The summed E-state index contributed by atoms with van der Waals surface area (Å²) in [6, 6.07) is 9.35. The van der Waals surface area contributed by atoms with Gasteiger partial charge in [-0.2, -0.15) is 5.26 Å². The fourth-order valence-corrected chi connectivity index (χ4v) is 2.98. The first kappa shape index (κ1) is 21.1. The summed E-state index contributed by atoms with van der Waals surface area (Å²) in [5.41, 5.74) is -0.897. The quantitative estimate of drug-likeness (QED) is 0.675. The number of amides is 1. The van der Waals surface area contributed by atoms with Crippen molar-refractivity contribution >= 4 is 29.3 Å². The average molecular weight is 408 g/mol. The Bertz CT molecular complexity index is 849. The molecule has 27 heavy (non-hydrogen) atoms. The van der Waals surface area contributed by atoms with Crippen LogP contribution in [0.1, 0.15) is 26.6 Å². The van der Waals surface area contributed by atoms with Crippen molar-refractivity contribution in [3.63, 3.8) is 0 Å². The second kappa shape index (κ2) is 9.11. The van der Waals surface area contributed by atoms with Crippen molar-refractivity contribution in [3.8, 4) is 11.8 Å². The number of nitrogens with zero attached hydrogens (tertiary/aromatic N) is 4. The fourth-order valence-electron chi connectivity index (χ4n) is 2.06. The Labute approximate surface area is 168 Å². The number of thioether (sulfide) groups is 1. The fraction of sp³-hybridized carbons (Fsp3) is 0.444. The van der Waals surface area contributed by atoms with E-state index in [2.05, 4.69) is 21.6 Å². The van der Waals surface area contributed by atoms with Gasteiger partial charge in [0.15, 0.2) is 11.0 Å². The summed E-state index contributed by atoms with van der Waals surface area (Å²) in [6.45, 7) is 5.71. The first-order valence-electron chi connectivity index (χ1n) is 8.37. The van der Waals surface area contributed by atoms with Crippen molar-refractivity contribution in [2.24, 2.45) is 13.0 Å². The molecule has 0 aliphatic rings. The second-order valence-electron chi connectivity index (χ2n) is 6.48. The maximum atomic E-state index is 12.2. The highest BCUT2D eigenvalue weighted by molar-refractivity contribution is 7.99. The van der Waals surface area contributed by atoms with Gasteiger partial charge in [-0.05, 0) is 25.0 Å². The van der Waals surface area contributed by atoms with Crippen LogP contribution >= 0.6 is 23.4 Å². The predicted molar refractivity (Wildman–Crippen MR) is 105 cm³/mol. The molecular formula is C18H22ClN5O2S. The Morgan fingerprint density at radius 1 is 1.44 bits per heavy atom. The van der Waals surface area contributed by atoms with E-state index in [1.807, 2.05) is 26.0 Å². The second-order valence-corrected chi connectivity index (χ2v) is 7.83. The molecule has 0 saturated heterocycles. The predicted octanol–water partition coefficient (Wildman–Crippen LogP) is 3.19. The molecular weight excluding hydrogens is 386 g/mol. The standard InChI is InChI=1S/C18H22ClN5O2S/c1-12(2)18(3,11-20)21-16(25)10-27-17-23-22-15(24(17)4)9-26-14-8-6-5-7-13(14)19/h5-8,12H,9-10H2,1-4H3,(H,21,25)/t18-/m1/s1. The lowest BCUT2D eigenvalue weighted by atomic mass is 9.90. The number of rotatable bonds is 8. The monoisotopic (exact) mass is 407 g/mol. The highest BCUT2D eigenvalue weighted by Crippen LogP contribution is 2.24. The zero-order valence-electron chi connectivity index (χ0n) is 15.7. The Hall–Kier alpha value is -2.24. The molecule has 0 spiro atoms. The average Bonchev–Trinajstić information content (AvgIpc) is 2.99. The lowest BCUT2D eigenvalue weighted by Crippen LogP contribution is -2.49. The maximum Gasteiger partial charge on any atom is 0.231 e. The number of aromatic nitrogens is 3. The van der Waals surface area contributed by atoms with Crippen molar-refractivity contribution in [1.29, 1.82) is 5.26 Å². The topological polar surface area (TPSA) is 92.8 Å². The lowest BCUT2D eigenvalue weighted by Gasteiger charge is -2.27. The maximum absolute atomic E-state index is 12.2. The Morgan fingerprint density at radius 2 is 2.15 bits per heavy atom. The van der Waals surface area contributed by atoms with Crippen LogP contribution in [0.25, 0.3) is 0 Å². The van der Waals surface area contributed by atoms with E-state index in [1.54, 1.807) is 30.7 Å². The minimum atomic E-state index is -0.897. The van der Waals surface area contributed by atoms with E-state index in [0.717, 1.165) is 0 Å². The van der Waals surface area contributed by atoms with Crippen LogP contribution in [0, 0.1) is 17.2 Å². The smallest absolute Gasteiger partial charge is 0.231 e. The highest BCUT2D eigenvalue weighted by Gasteiger charge is 2.30. The van der Waals surface area contributed by atoms with Crippen molar-refractivity contribution in [1.82, 2.24) is 20.1 Å². The largest absolute Gasteiger partial charge is 0.484 e. The normalized spacial score (nSPS) is 13.1. The number of halogens is 1. The SMILES string of the molecule is CC(C)[C@@](C)(C#N)NC(=O)CSc1nnc(COc2ccccc2Cl)n1C. The Morgan fingerprint density at radius 3 is 2.78 bits per heavy atom. The van der Waals surface area contributed by atoms with Crippen LogP contribution in [-0.4, -0.2) is 32.0 Å². The van der Waals surface area contributed by atoms with Crippen LogP contribution < -0.4 is 10.1 Å². The zero-order chi connectivity index (χ0) is 20.0. The van der Waals surface area contributed by atoms with Gasteiger partial charge in [-0.1, -0.05) is 49.3 Å². The van der Waals surface area contributed by atoms with E-state index < -0.39 is 5.54 Å². The van der Waals surface area contributed by atoms with Crippen molar-refractivity contribution in [2.45, 2.75) is 38.1 Å². The first-order chi connectivity index (χ1) is 12.8. The molecule has 9 heteroatoms. The molecule has 1 aromatic heterocycles. The van der Waals surface area contributed by atoms with Gasteiger partial charge in [-0.25, -0.2) is 0 Å². The van der Waals surface area contributed by atoms with Crippen LogP contribution in [0.3, 0.4) is 0 Å². The summed E-state index contributed by atoms with van der Waals surface area (Å²) in [6.07, 6.45) is 0. The third kappa shape index (κ3) is 5.37. The van der Waals surface area contributed by atoms with Gasteiger partial charge in [0, 0.05) is 7.05 Å². The van der Waals surface area contributed by atoms with Gasteiger partial charge in [0.05, 0.1) is 16.8 Å². The zero-order valence-corrected chi connectivity index (χ0v) is 17.3. The Balaban J connectivity index is 1.93.